The van der Waals surface area contributed by atoms with Gasteiger partial charge >= 0.3 is 0 Å². The van der Waals surface area contributed by atoms with Gasteiger partial charge in [-0.05, 0) is 50.3 Å². The van der Waals surface area contributed by atoms with Gasteiger partial charge in [0.2, 0.25) is 0 Å². The summed E-state index contributed by atoms with van der Waals surface area (Å²) in [5.41, 5.74) is 2.98. The number of hydrogen-bond acceptors (Lipinski definition) is 2. The fraction of sp³-hybridized carbons (Fsp3) is 0.667. The second-order valence-electron chi connectivity index (χ2n) is 6.49. The maximum Gasteiger partial charge on any atom is 0.0414 e. The molecule has 0 radical (unpaired) electrons. The number of nitrogens with zero attached hydrogens (tertiary/aromatic N) is 1. The van der Waals surface area contributed by atoms with E-state index in [1.807, 2.05) is 0 Å². The summed E-state index contributed by atoms with van der Waals surface area (Å²) in [7, 11) is 2.10. The lowest BCUT2D eigenvalue weighted by Crippen LogP contribution is -2.31. The van der Waals surface area contributed by atoms with Crippen LogP contribution in [0.1, 0.15) is 56.6 Å². The SMILES string of the molecule is CNC1CCCN(CC2CCCCC2)c2ccccc21. The monoisotopic (exact) mass is 272 g/mol. The van der Waals surface area contributed by atoms with Crippen LogP contribution in [-0.2, 0) is 0 Å². The van der Waals surface area contributed by atoms with Crippen LogP contribution < -0.4 is 10.2 Å². The van der Waals surface area contributed by atoms with Gasteiger partial charge in [-0.25, -0.2) is 0 Å². The Bertz CT molecular complexity index is 423. The number of rotatable bonds is 3. The van der Waals surface area contributed by atoms with E-state index in [0.29, 0.717) is 6.04 Å². The molecule has 1 N–H and O–H groups in total. The zero-order chi connectivity index (χ0) is 13.8. The van der Waals surface area contributed by atoms with E-state index >= 15 is 0 Å². The van der Waals surface area contributed by atoms with Gasteiger partial charge in [-0.2, -0.15) is 0 Å². The highest BCUT2D eigenvalue weighted by Gasteiger charge is 2.24. The van der Waals surface area contributed by atoms with Gasteiger partial charge in [0.05, 0.1) is 0 Å². The van der Waals surface area contributed by atoms with Crippen molar-refractivity contribution in [1.29, 1.82) is 0 Å². The first-order chi connectivity index (χ1) is 9.88. The van der Waals surface area contributed by atoms with Crippen LogP contribution >= 0.6 is 0 Å². The first kappa shape index (κ1) is 13.9. The first-order valence-electron chi connectivity index (χ1n) is 8.39. The number of benzene rings is 1. The van der Waals surface area contributed by atoms with Crippen molar-refractivity contribution in [3.8, 4) is 0 Å². The molecular formula is C18H28N2. The van der Waals surface area contributed by atoms with Crippen LogP contribution in [0.5, 0.6) is 0 Å². The highest BCUT2D eigenvalue weighted by molar-refractivity contribution is 5.55. The highest BCUT2D eigenvalue weighted by Crippen LogP contribution is 2.34. The molecule has 110 valence electrons. The fourth-order valence-corrected chi connectivity index (χ4v) is 4.00. The number of anilines is 1. The Kier molecular flexibility index (Phi) is 4.62. The standard InChI is InChI=1S/C18H28N2/c1-19-17-11-7-13-20(14-15-8-3-2-4-9-15)18-12-6-5-10-16(17)18/h5-6,10,12,15,17,19H,2-4,7-9,11,13-14H2,1H3. The van der Waals surface area contributed by atoms with Crippen molar-refractivity contribution in [2.75, 3.05) is 25.0 Å². The molecular weight excluding hydrogens is 244 g/mol. The van der Waals surface area contributed by atoms with Gasteiger partial charge in [0.25, 0.3) is 0 Å². The van der Waals surface area contributed by atoms with Crippen molar-refractivity contribution in [1.82, 2.24) is 5.32 Å². The summed E-state index contributed by atoms with van der Waals surface area (Å²) in [5, 5.41) is 3.50. The van der Waals surface area contributed by atoms with E-state index in [-0.39, 0.29) is 0 Å². The minimum Gasteiger partial charge on any atom is -0.371 e. The third-order valence-electron chi connectivity index (χ3n) is 5.13. The molecule has 1 aliphatic carbocycles. The maximum atomic E-state index is 3.50. The summed E-state index contributed by atoms with van der Waals surface area (Å²) < 4.78 is 0. The zero-order valence-corrected chi connectivity index (χ0v) is 12.8. The van der Waals surface area contributed by atoms with Gasteiger partial charge in [0, 0.05) is 24.8 Å². The molecule has 0 aromatic heterocycles. The third-order valence-corrected chi connectivity index (χ3v) is 5.13. The molecule has 20 heavy (non-hydrogen) atoms. The Morgan fingerprint density at radius 3 is 2.65 bits per heavy atom. The molecule has 2 nitrogen and oxygen atoms in total. The molecule has 1 atom stereocenters. The Labute approximate surface area is 123 Å². The summed E-state index contributed by atoms with van der Waals surface area (Å²) in [4.78, 5) is 2.67. The van der Waals surface area contributed by atoms with E-state index in [9.17, 15) is 0 Å². The van der Waals surface area contributed by atoms with Crippen molar-refractivity contribution in [2.45, 2.75) is 51.0 Å². The topological polar surface area (TPSA) is 15.3 Å². The van der Waals surface area contributed by atoms with E-state index in [1.54, 1.807) is 0 Å². The van der Waals surface area contributed by atoms with Crippen LogP contribution in [0.25, 0.3) is 0 Å². The van der Waals surface area contributed by atoms with Crippen molar-refractivity contribution >= 4 is 5.69 Å². The summed E-state index contributed by atoms with van der Waals surface area (Å²) in [5.74, 6) is 0.919. The normalized spacial score (nSPS) is 24.2. The van der Waals surface area contributed by atoms with Crippen LogP contribution in [0.15, 0.2) is 24.3 Å². The maximum absolute atomic E-state index is 3.50. The lowest BCUT2D eigenvalue weighted by Gasteiger charge is -2.31. The molecule has 0 amide bonds. The summed E-state index contributed by atoms with van der Waals surface area (Å²) >= 11 is 0. The lowest BCUT2D eigenvalue weighted by molar-refractivity contribution is 0.358. The Morgan fingerprint density at radius 2 is 1.85 bits per heavy atom. The average molecular weight is 272 g/mol. The van der Waals surface area contributed by atoms with Crippen LogP contribution in [0.2, 0.25) is 0 Å². The molecule has 1 aromatic rings. The Morgan fingerprint density at radius 1 is 1.05 bits per heavy atom. The fourth-order valence-electron chi connectivity index (χ4n) is 4.00. The van der Waals surface area contributed by atoms with Gasteiger partial charge in [-0.3, -0.25) is 0 Å². The molecule has 1 aliphatic heterocycles. The minimum absolute atomic E-state index is 0.530. The van der Waals surface area contributed by atoms with Gasteiger partial charge in [-0.1, -0.05) is 37.5 Å². The molecule has 0 saturated heterocycles. The number of para-hydroxylation sites is 1. The van der Waals surface area contributed by atoms with Crippen LogP contribution in [-0.4, -0.2) is 20.1 Å². The molecule has 3 rings (SSSR count). The summed E-state index contributed by atoms with van der Waals surface area (Å²) in [6.45, 7) is 2.50. The Hall–Kier alpha value is -1.02. The van der Waals surface area contributed by atoms with Crippen LogP contribution in [0.4, 0.5) is 5.69 Å². The van der Waals surface area contributed by atoms with Crippen LogP contribution in [0.3, 0.4) is 0 Å². The van der Waals surface area contributed by atoms with Gasteiger partial charge in [0.15, 0.2) is 0 Å². The van der Waals surface area contributed by atoms with E-state index < -0.39 is 0 Å². The predicted octanol–water partition coefficient (Wildman–Crippen LogP) is 4.13. The second kappa shape index (κ2) is 6.62. The molecule has 1 fully saturated rings. The minimum atomic E-state index is 0.530. The molecule has 0 bridgehead atoms. The van der Waals surface area contributed by atoms with E-state index in [2.05, 4.69) is 41.5 Å². The molecule has 2 heteroatoms. The quantitative estimate of drug-likeness (QED) is 0.890. The summed E-state index contributed by atoms with van der Waals surface area (Å²) in [6, 6.07) is 9.56. The molecule has 1 aromatic carbocycles. The third kappa shape index (κ3) is 3.01. The largest absolute Gasteiger partial charge is 0.371 e. The highest BCUT2D eigenvalue weighted by atomic mass is 15.1. The molecule has 1 heterocycles. The van der Waals surface area contributed by atoms with Gasteiger partial charge in [0.1, 0.15) is 0 Å². The second-order valence-corrected chi connectivity index (χ2v) is 6.49. The first-order valence-corrected chi connectivity index (χ1v) is 8.39. The van der Waals surface area contributed by atoms with Gasteiger partial charge in [-0.15, -0.1) is 0 Å². The molecule has 1 saturated carbocycles. The number of hydrogen-bond donors (Lipinski definition) is 1. The van der Waals surface area contributed by atoms with Crippen molar-refractivity contribution in [3.63, 3.8) is 0 Å². The number of nitrogens with one attached hydrogen (secondary N) is 1. The van der Waals surface area contributed by atoms with Crippen LogP contribution in [0, 0.1) is 5.92 Å². The average Bonchev–Trinajstić information content (AvgIpc) is 2.68. The zero-order valence-electron chi connectivity index (χ0n) is 12.8. The lowest BCUT2D eigenvalue weighted by atomic mass is 9.88. The van der Waals surface area contributed by atoms with Crippen molar-refractivity contribution in [2.24, 2.45) is 5.92 Å². The molecule has 2 aliphatic rings. The van der Waals surface area contributed by atoms with E-state index in [1.165, 1.54) is 69.3 Å². The van der Waals surface area contributed by atoms with E-state index in [4.69, 9.17) is 0 Å². The Balaban J connectivity index is 1.79. The molecule has 1 unspecified atom stereocenters. The van der Waals surface area contributed by atoms with E-state index in [0.717, 1.165) is 5.92 Å². The number of fused-ring (bicyclic) bond motifs is 1. The summed E-state index contributed by atoms with van der Waals surface area (Å²) in [6.07, 6.45) is 9.78. The van der Waals surface area contributed by atoms with Gasteiger partial charge < -0.3 is 10.2 Å². The molecule has 0 spiro atoms. The van der Waals surface area contributed by atoms with Crippen molar-refractivity contribution < 1.29 is 0 Å². The predicted molar refractivity (Wildman–Crippen MR) is 86.3 cm³/mol. The smallest absolute Gasteiger partial charge is 0.0414 e. The van der Waals surface area contributed by atoms with Crippen molar-refractivity contribution in [3.05, 3.63) is 29.8 Å².